The summed E-state index contributed by atoms with van der Waals surface area (Å²) >= 11 is 3.41. The number of aromatic nitrogens is 3. The number of benzene rings is 2. The van der Waals surface area contributed by atoms with E-state index in [1.807, 2.05) is 48.5 Å². The van der Waals surface area contributed by atoms with Gasteiger partial charge in [0.1, 0.15) is 11.2 Å². The van der Waals surface area contributed by atoms with Crippen molar-refractivity contribution in [2.75, 3.05) is 0 Å². The first-order chi connectivity index (χ1) is 15.0. The summed E-state index contributed by atoms with van der Waals surface area (Å²) in [7, 11) is 0. The quantitative estimate of drug-likeness (QED) is 0.430. The van der Waals surface area contributed by atoms with Gasteiger partial charge in [-0.1, -0.05) is 64.4 Å². The maximum Gasteiger partial charge on any atom is 0.299 e. The van der Waals surface area contributed by atoms with E-state index in [1.165, 1.54) is 16.5 Å². The van der Waals surface area contributed by atoms with Crippen molar-refractivity contribution in [3.8, 4) is 11.3 Å². The van der Waals surface area contributed by atoms with Crippen molar-refractivity contribution in [3.63, 3.8) is 0 Å². The lowest BCUT2D eigenvalue weighted by molar-refractivity contribution is -0.121. The number of rotatable bonds is 7. The van der Waals surface area contributed by atoms with Crippen molar-refractivity contribution in [1.82, 2.24) is 20.0 Å². The Morgan fingerprint density at radius 3 is 2.71 bits per heavy atom. The summed E-state index contributed by atoms with van der Waals surface area (Å²) in [6.45, 7) is 2.71. The predicted molar refractivity (Wildman–Crippen MR) is 121 cm³/mol. The third-order valence-corrected chi connectivity index (χ3v) is 5.54. The molecule has 1 amide bonds. The summed E-state index contributed by atoms with van der Waals surface area (Å²) in [6.07, 6.45) is 2.53. The fourth-order valence-electron chi connectivity index (χ4n) is 3.26. The topological polar surface area (TPSA) is 90.0 Å². The molecule has 8 heteroatoms. The second-order valence-corrected chi connectivity index (χ2v) is 8.07. The molecule has 7 nitrogen and oxygen atoms in total. The van der Waals surface area contributed by atoms with Crippen molar-refractivity contribution >= 4 is 32.9 Å². The van der Waals surface area contributed by atoms with Crippen LogP contribution in [0.25, 0.3) is 22.4 Å². The van der Waals surface area contributed by atoms with Gasteiger partial charge in [0.2, 0.25) is 5.91 Å². The van der Waals surface area contributed by atoms with Crippen LogP contribution in [0.3, 0.4) is 0 Å². The molecule has 0 aliphatic rings. The van der Waals surface area contributed by atoms with Crippen LogP contribution in [0.1, 0.15) is 24.5 Å². The van der Waals surface area contributed by atoms with Crippen LogP contribution in [-0.2, 0) is 24.3 Å². The lowest BCUT2D eigenvalue weighted by Crippen LogP contribution is -2.27. The first-order valence-electron chi connectivity index (χ1n) is 10.0. The second kappa shape index (κ2) is 9.26. The van der Waals surface area contributed by atoms with E-state index in [-0.39, 0.29) is 30.0 Å². The Kier molecular flexibility index (Phi) is 6.27. The zero-order valence-electron chi connectivity index (χ0n) is 17.0. The molecule has 0 saturated carbocycles. The highest BCUT2D eigenvalue weighted by Gasteiger charge is 2.16. The summed E-state index contributed by atoms with van der Waals surface area (Å²) in [5, 5.41) is 6.91. The molecule has 0 bridgehead atoms. The number of amides is 1. The SMILES string of the molecule is CCc1ccc(-c2noc3c(=O)n(CCC(=O)NCc4cccc(Br)c4)cnc23)cc1. The van der Waals surface area contributed by atoms with E-state index in [9.17, 15) is 9.59 Å². The Bertz CT molecular complexity index is 1280. The molecule has 2 heterocycles. The Labute approximate surface area is 187 Å². The molecule has 0 unspecified atom stereocenters. The number of carbonyl (C=O) groups excluding carboxylic acids is 1. The van der Waals surface area contributed by atoms with Crippen molar-refractivity contribution in [2.45, 2.75) is 32.9 Å². The van der Waals surface area contributed by atoms with Gasteiger partial charge in [-0.25, -0.2) is 4.98 Å². The molecular weight excluding hydrogens is 460 g/mol. The van der Waals surface area contributed by atoms with Crippen molar-refractivity contribution in [2.24, 2.45) is 0 Å². The van der Waals surface area contributed by atoms with Gasteiger partial charge in [0.25, 0.3) is 11.1 Å². The molecule has 0 radical (unpaired) electrons. The number of hydrogen-bond acceptors (Lipinski definition) is 5. The maximum absolute atomic E-state index is 12.8. The average Bonchev–Trinajstić information content (AvgIpc) is 3.22. The van der Waals surface area contributed by atoms with Crippen molar-refractivity contribution in [3.05, 3.63) is 80.8 Å². The lowest BCUT2D eigenvalue weighted by Gasteiger charge is -2.07. The summed E-state index contributed by atoms with van der Waals surface area (Å²) in [5.74, 6) is -0.152. The highest BCUT2D eigenvalue weighted by Crippen LogP contribution is 2.24. The van der Waals surface area contributed by atoms with Gasteiger partial charge < -0.3 is 9.84 Å². The number of carbonyl (C=O) groups is 1. The third-order valence-electron chi connectivity index (χ3n) is 5.04. The normalized spacial score (nSPS) is 11.0. The van der Waals surface area contributed by atoms with Crippen LogP contribution in [0, 0.1) is 0 Å². The molecular formula is C23H21BrN4O3. The summed E-state index contributed by atoms with van der Waals surface area (Å²) < 4.78 is 7.63. The second-order valence-electron chi connectivity index (χ2n) is 7.16. The minimum Gasteiger partial charge on any atom is -0.352 e. The first kappa shape index (κ1) is 21.0. The van der Waals surface area contributed by atoms with E-state index in [0.717, 1.165) is 22.0 Å². The fraction of sp³-hybridized carbons (Fsp3) is 0.217. The van der Waals surface area contributed by atoms with Crippen molar-refractivity contribution < 1.29 is 9.32 Å². The lowest BCUT2D eigenvalue weighted by atomic mass is 10.1. The average molecular weight is 481 g/mol. The minimum atomic E-state index is -0.353. The van der Waals surface area contributed by atoms with E-state index in [2.05, 4.69) is 38.3 Å². The van der Waals surface area contributed by atoms with Gasteiger partial charge >= 0.3 is 0 Å². The van der Waals surface area contributed by atoms with Crippen LogP contribution in [0.2, 0.25) is 0 Å². The molecule has 2 aromatic heterocycles. The Morgan fingerprint density at radius 1 is 1.16 bits per heavy atom. The third kappa shape index (κ3) is 4.74. The number of nitrogens with one attached hydrogen (secondary N) is 1. The predicted octanol–water partition coefficient (Wildman–Crippen LogP) is 4.08. The Morgan fingerprint density at radius 2 is 1.97 bits per heavy atom. The van der Waals surface area contributed by atoms with Gasteiger partial charge in [-0.05, 0) is 29.7 Å². The van der Waals surface area contributed by atoms with E-state index in [4.69, 9.17) is 4.52 Å². The fourth-order valence-corrected chi connectivity index (χ4v) is 3.71. The van der Waals surface area contributed by atoms with Crippen molar-refractivity contribution in [1.29, 1.82) is 0 Å². The summed E-state index contributed by atoms with van der Waals surface area (Å²) in [6, 6.07) is 15.6. The van der Waals surface area contributed by atoms with Crippen LogP contribution < -0.4 is 10.9 Å². The van der Waals surface area contributed by atoms with Gasteiger partial charge in [0.15, 0.2) is 0 Å². The molecule has 4 rings (SSSR count). The zero-order valence-corrected chi connectivity index (χ0v) is 18.6. The number of halogens is 1. The smallest absolute Gasteiger partial charge is 0.299 e. The molecule has 0 saturated heterocycles. The van der Waals surface area contributed by atoms with Crippen LogP contribution in [0.4, 0.5) is 0 Å². The van der Waals surface area contributed by atoms with Gasteiger partial charge in [0, 0.05) is 29.5 Å². The highest BCUT2D eigenvalue weighted by molar-refractivity contribution is 9.10. The van der Waals surface area contributed by atoms with Gasteiger partial charge in [-0.3, -0.25) is 14.2 Å². The Balaban J connectivity index is 1.44. The zero-order chi connectivity index (χ0) is 21.8. The number of aryl methyl sites for hydroxylation is 2. The summed E-state index contributed by atoms with van der Waals surface area (Å²) in [5.41, 5.74) is 3.74. The van der Waals surface area contributed by atoms with E-state index in [1.54, 1.807) is 0 Å². The molecule has 31 heavy (non-hydrogen) atoms. The van der Waals surface area contributed by atoms with Gasteiger partial charge in [-0.2, -0.15) is 0 Å². The monoisotopic (exact) mass is 480 g/mol. The standard InChI is InChI=1S/C23H21BrN4O3/c1-2-15-6-8-17(9-7-15)20-21-22(31-27-20)23(30)28(14-26-21)11-10-19(29)25-13-16-4-3-5-18(24)12-16/h3-9,12,14H,2,10-11,13H2,1H3,(H,25,29). The van der Waals surface area contributed by atoms with E-state index in [0.29, 0.717) is 17.8 Å². The molecule has 0 spiro atoms. The highest BCUT2D eigenvalue weighted by atomic mass is 79.9. The number of nitrogens with zero attached hydrogens (tertiary/aromatic N) is 3. The molecule has 1 N–H and O–H groups in total. The summed E-state index contributed by atoms with van der Waals surface area (Å²) in [4.78, 5) is 29.3. The molecule has 0 atom stereocenters. The van der Waals surface area contributed by atoms with Crippen LogP contribution >= 0.6 is 15.9 Å². The number of fused-ring (bicyclic) bond motifs is 1. The largest absolute Gasteiger partial charge is 0.352 e. The number of hydrogen-bond donors (Lipinski definition) is 1. The molecule has 158 valence electrons. The molecule has 2 aromatic carbocycles. The van der Waals surface area contributed by atoms with Gasteiger partial charge in [-0.15, -0.1) is 0 Å². The van der Waals surface area contributed by atoms with E-state index >= 15 is 0 Å². The van der Waals surface area contributed by atoms with Gasteiger partial charge in [0.05, 0.1) is 6.33 Å². The molecule has 0 fully saturated rings. The Hall–Kier alpha value is -3.26. The molecule has 0 aliphatic heterocycles. The molecule has 0 aliphatic carbocycles. The minimum absolute atomic E-state index is 0.0895. The van der Waals surface area contributed by atoms with Crippen LogP contribution in [0.5, 0.6) is 0 Å². The first-order valence-corrected chi connectivity index (χ1v) is 10.8. The maximum atomic E-state index is 12.8. The van der Waals surface area contributed by atoms with Crippen LogP contribution in [-0.4, -0.2) is 20.6 Å². The van der Waals surface area contributed by atoms with E-state index < -0.39 is 0 Å². The van der Waals surface area contributed by atoms with Crippen LogP contribution in [0.15, 0.2) is 68.6 Å². The molecule has 4 aromatic rings.